The summed E-state index contributed by atoms with van der Waals surface area (Å²) in [6, 6.07) is 3.68. The van der Waals surface area contributed by atoms with Crippen molar-refractivity contribution in [3.05, 3.63) is 32.8 Å². The minimum Gasteiger partial charge on any atom is -0.369 e. The number of ether oxygens (including phenoxy) is 1. The van der Waals surface area contributed by atoms with E-state index in [1.807, 2.05) is 6.07 Å². The second-order valence-corrected chi connectivity index (χ2v) is 4.41. The molecule has 0 fully saturated rings. The molecule has 0 unspecified atom stereocenters. The van der Waals surface area contributed by atoms with Crippen LogP contribution in [0.25, 0.3) is 0 Å². The molecule has 0 radical (unpaired) electrons. The monoisotopic (exact) mass is 274 g/mol. The molecule has 1 aliphatic rings. The lowest BCUT2D eigenvalue weighted by molar-refractivity contribution is -0.122. The average Bonchev–Trinajstić information content (AvgIpc) is 2.34. The molecule has 4 heteroatoms. The van der Waals surface area contributed by atoms with Crippen LogP contribution in [-0.4, -0.2) is 12.4 Å². The lowest BCUT2D eigenvalue weighted by atomic mass is 10.0. The molecule has 0 bridgehead atoms. The van der Waals surface area contributed by atoms with Crippen molar-refractivity contribution in [3.8, 4) is 0 Å². The molecule has 14 heavy (non-hydrogen) atoms. The van der Waals surface area contributed by atoms with Crippen molar-refractivity contribution in [3.63, 3.8) is 0 Å². The van der Waals surface area contributed by atoms with Crippen LogP contribution < -0.4 is 0 Å². The van der Waals surface area contributed by atoms with E-state index in [1.54, 1.807) is 6.07 Å². The summed E-state index contributed by atoms with van der Waals surface area (Å²) in [5.41, 5.74) is 1.99. The summed E-state index contributed by atoms with van der Waals surface area (Å²) in [5, 5.41) is 0.654. The molecular formula is C10H8BrClO2. The van der Waals surface area contributed by atoms with Crippen LogP contribution in [-0.2, 0) is 22.6 Å². The standard InChI is InChI=1S/C10H8BrClO2/c11-10-8-5-14-4-7(13)3-6(8)1-2-9(10)12/h1-2H,3-5H2. The van der Waals surface area contributed by atoms with Crippen molar-refractivity contribution in [1.82, 2.24) is 0 Å². The fourth-order valence-corrected chi connectivity index (χ4v) is 2.16. The number of ketones is 1. The van der Waals surface area contributed by atoms with Crippen molar-refractivity contribution >= 4 is 33.3 Å². The number of hydrogen-bond donors (Lipinski definition) is 0. The summed E-state index contributed by atoms with van der Waals surface area (Å²) < 4.78 is 6.07. The number of fused-ring (bicyclic) bond motifs is 1. The van der Waals surface area contributed by atoms with Gasteiger partial charge in [-0.2, -0.15) is 0 Å². The van der Waals surface area contributed by atoms with E-state index >= 15 is 0 Å². The third kappa shape index (κ3) is 1.85. The first kappa shape index (κ1) is 10.1. The zero-order valence-electron chi connectivity index (χ0n) is 7.35. The third-order valence-corrected chi connectivity index (χ3v) is 3.64. The number of carbonyl (C=O) groups excluding carboxylic acids is 1. The van der Waals surface area contributed by atoms with Crippen LogP contribution in [0.15, 0.2) is 16.6 Å². The maximum Gasteiger partial charge on any atom is 0.162 e. The van der Waals surface area contributed by atoms with E-state index in [0.717, 1.165) is 15.6 Å². The second-order valence-electron chi connectivity index (χ2n) is 3.21. The van der Waals surface area contributed by atoms with Gasteiger partial charge in [-0.25, -0.2) is 0 Å². The minimum atomic E-state index is 0.109. The molecule has 2 rings (SSSR count). The van der Waals surface area contributed by atoms with Gasteiger partial charge in [-0.3, -0.25) is 4.79 Å². The molecule has 0 spiro atoms. The van der Waals surface area contributed by atoms with Crippen LogP contribution in [0.4, 0.5) is 0 Å². The molecule has 74 valence electrons. The summed E-state index contributed by atoms with van der Waals surface area (Å²) in [7, 11) is 0. The smallest absolute Gasteiger partial charge is 0.162 e. The van der Waals surface area contributed by atoms with E-state index in [2.05, 4.69) is 15.9 Å². The first-order chi connectivity index (χ1) is 6.68. The Kier molecular flexibility index (Phi) is 2.91. The van der Waals surface area contributed by atoms with Crippen LogP contribution in [0.2, 0.25) is 5.02 Å². The number of rotatable bonds is 0. The summed E-state index contributed by atoms with van der Waals surface area (Å²) in [4.78, 5) is 11.3. The fourth-order valence-electron chi connectivity index (χ4n) is 1.48. The largest absolute Gasteiger partial charge is 0.369 e. The van der Waals surface area contributed by atoms with Crippen LogP contribution >= 0.6 is 27.5 Å². The van der Waals surface area contributed by atoms with E-state index < -0.39 is 0 Å². The summed E-state index contributed by atoms with van der Waals surface area (Å²) >= 11 is 9.35. The van der Waals surface area contributed by atoms with Crippen molar-refractivity contribution in [1.29, 1.82) is 0 Å². The number of halogens is 2. The van der Waals surface area contributed by atoms with Crippen LogP contribution in [0.3, 0.4) is 0 Å². The Labute approximate surface area is 95.3 Å². The Hall–Kier alpha value is -0.380. The molecule has 1 heterocycles. The molecule has 0 saturated carbocycles. The number of hydrogen-bond acceptors (Lipinski definition) is 2. The molecule has 2 nitrogen and oxygen atoms in total. The molecule has 0 aromatic heterocycles. The van der Waals surface area contributed by atoms with Gasteiger partial charge in [0.1, 0.15) is 6.61 Å². The first-order valence-corrected chi connectivity index (χ1v) is 5.41. The maximum absolute atomic E-state index is 11.3. The van der Waals surface area contributed by atoms with Crippen molar-refractivity contribution in [2.75, 3.05) is 6.61 Å². The van der Waals surface area contributed by atoms with Gasteiger partial charge in [0.2, 0.25) is 0 Å². The van der Waals surface area contributed by atoms with Gasteiger partial charge >= 0.3 is 0 Å². The highest BCUT2D eigenvalue weighted by Crippen LogP contribution is 2.31. The third-order valence-electron chi connectivity index (χ3n) is 2.19. The van der Waals surface area contributed by atoms with Gasteiger partial charge in [-0.15, -0.1) is 0 Å². The molecular weight excluding hydrogens is 267 g/mol. The molecule has 0 N–H and O–H groups in total. The van der Waals surface area contributed by atoms with E-state index in [1.165, 1.54) is 0 Å². The Morgan fingerprint density at radius 3 is 2.93 bits per heavy atom. The van der Waals surface area contributed by atoms with Crippen molar-refractivity contribution in [2.45, 2.75) is 13.0 Å². The number of carbonyl (C=O) groups is 1. The number of Topliss-reactive ketones (excluding diaryl/α,β-unsaturated/α-hetero) is 1. The highest BCUT2D eigenvalue weighted by Gasteiger charge is 2.17. The van der Waals surface area contributed by atoms with E-state index in [9.17, 15) is 4.79 Å². The SMILES string of the molecule is O=C1COCc2c(ccc(Cl)c2Br)C1. The molecule has 1 aromatic rings. The van der Waals surface area contributed by atoms with Crippen molar-refractivity contribution in [2.24, 2.45) is 0 Å². The lowest BCUT2D eigenvalue weighted by Gasteiger charge is -2.07. The van der Waals surface area contributed by atoms with Gasteiger partial charge in [0, 0.05) is 10.9 Å². The Bertz CT molecular complexity index is 390. The Morgan fingerprint density at radius 2 is 2.14 bits per heavy atom. The predicted molar refractivity (Wildman–Crippen MR) is 57.5 cm³/mol. The quantitative estimate of drug-likeness (QED) is 0.728. The first-order valence-electron chi connectivity index (χ1n) is 4.23. The highest BCUT2D eigenvalue weighted by molar-refractivity contribution is 9.10. The van der Waals surface area contributed by atoms with Gasteiger partial charge < -0.3 is 4.74 Å². The zero-order valence-corrected chi connectivity index (χ0v) is 9.69. The molecule has 0 saturated heterocycles. The predicted octanol–water partition coefficient (Wildman–Crippen LogP) is 2.74. The van der Waals surface area contributed by atoms with Crippen LogP contribution in [0.1, 0.15) is 11.1 Å². The summed E-state index contributed by atoms with van der Waals surface area (Å²) in [5.74, 6) is 0.109. The van der Waals surface area contributed by atoms with Gasteiger partial charge in [0.05, 0.1) is 11.6 Å². The van der Waals surface area contributed by atoms with Gasteiger partial charge in [-0.1, -0.05) is 17.7 Å². The zero-order chi connectivity index (χ0) is 10.1. The Morgan fingerprint density at radius 1 is 1.36 bits per heavy atom. The van der Waals surface area contributed by atoms with E-state index in [-0.39, 0.29) is 12.4 Å². The molecule has 0 atom stereocenters. The van der Waals surface area contributed by atoms with Gasteiger partial charge in [0.15, 0.2) is 5.78 Å². The van der Waals surface area contributed by atoms with Crippen LogP contribution in [0, 0.1) is 0 Å². The van der Waals surface area contributed by atoms with Crippen molar-refractivity contribution < 1.29 is 9.53 Å². The summed E-state index contributed by atoms with van der Waals surface area (Å²) in [6.45, 7) is 0.640. The average molecular weight is 276 g/mol. The number of benzene rings is 1. The molecule has 1 aliphatic heterocycles. The fraction of sp³-hybridized carbons (Fsp3) is 0.300. The minimum absolute atomic E-state index is 0.109. The maximum atomic E-state index is 11.3. The van der Waals surface area contributed by atoms with Gasteiger partial charge in [0.25, 0.3) is 0 Å². The highest BCUT2D eigenvalue weighted by atomic mass is 79.9. The van der Waals surface area contributed by atoms with Gasteiger partial charge in [-0.05, 0) is 33.1 Å². The molecule has 1 aromatic carbocycles. The lowest BCUT2D eigenvalue weighted by Crippen LogP contribution is -2.06. The summed E-state index contributed by atoms with van der Waals surface area (Å²) in [6.07, 6.45) is 0.436. The van der Waals surface area contributed by atoms with E-state index in [4.69, 9.17) is 16.3 Å². The topological polar surface area (TPSA) is 26.3 Å². The molecule has 0 amide bonds. The van der Waals surface area contributed by atoms with E-state index in [0.29, 0.717) is 18.1 Å². The Balaban J connectivity index is 2.50. The van der Waals surface area contributed by atoms with Crippen LogP contribution in [0.5, 0.6) is 0 Å². The second kappa shape index (κ2) is 4.01. The normalized spacial score (nSPS) is 16.3. The molecule has 0 aliphatic carbocycles.